The van der Waals surface area contributed by atoms with Crippen LogP contribution < -0.4 is 0 Å². The normalized spacial score (nSPS) is 23.7. The van der Waals surface area contributed by atoms with Crippen LogP contribution in [0.5, 0.6) is 0 Å². The summed E-state index contributed by atoms with van der Waals surface area (Å²) in [5.74, 6) is -0.0969. The Morgan fingerprint density at radius 2 is 2.11 bits per heavy atom. The van der Waals surface area contributed by atoms with Crippen molar-refractivity contribution in [3.05, 3.63) is 0 Å². The summed E-state index contributed by atoms with van der Waals surface area (Å²) in [5.41, 5.74) is -0.00138. The SMILES string of the molecule is CC(C)(C)OC(=O)CCN1CCOCC2(CCC2)C1. The first-order valence-electron chi connectivity index (χ1n) is 7.41. The molecule has 0 atom stereocenters. The van der Waals surface area contributed by atoms with Gasteiger partial charge in [-0.3, -0.25) is 9.69 Å². The number of carbonyl (C=O) groups excluding carboxylic acids is 1. The van der Waals surface area contributed by atoms with E-state index in [1.54, 1.807) is 0 Å². The van der Waals surface area contributed by atoms with Crippen molar-refractivity contribution in [2.45, 2.75) is 52.1 Å². The Morgan fingerprint density at radius 1 is 1.37 bits per heavy atom. The summed E-state index contributed by atoms with van der Waals surface area (Å²) in [6.45, 7) is 10.2. The molecule has 1 aliphatic heterocycles. The monoisotopic (exact) mass is 269 g/mol. The van der Waals surface area contributed by atoms with Crippen LogP contribution in [0.4, 0.5) is 0 Å². The predicted octanol–water partition coefficient (Wildman–Crippen LogP) is 2.22. The molecule has 0 amide bonds. The van der Waals surface area contributed by atoms with Gasteiger partial charge < -0.3 is 9.47 Å². The standard InChI is InChI=1S/C15H27NO3/c1-14(2,3)19-13(17)5-8-16-9-10-18-12-15(11-16)6-4-7-15/h4-12H2,1-3H3. The van der Waals surface area contributed by atoms with Crippen molar-refractivity contribution in [3.63, 3.8) is 0 Å². The van der Waals surface area contributed by atoms with Crippen LogP contribution in [0.25, 0.3) is 0 Å². The van der Waals surface area contributed by atoms with E-state index in [0.29, 0.717) is 11.8 Å². The van der Waals surface area contributed by atoms with Gasteiger partial charge in [0.05, 0.1) is 19.6 Å². The average Bonchev–Trinajstić information content (AvgIpc) is 2.45. The Hall–Kier alpha value is -0.610. The summed E-state index contributed by atoms with van der Waals surface area (Å²) >= 11 is 0. The topological polar surface area (TPSA) is 38.8 Å². The summed E-state index contributed by atoms with van der Waals surface area (Å²) in [5, 5.41) is 0. The summed E-state index contributed by atoms with van der Waals surface area (Å²) in [4.78, 5) is 14.1. The van der Waals surface area contributed by atoms with E-state index in [2.05, 4.69) is 4.90 Å². The van der Waals surface area contributed by atoms with E-state index >= 15 is 0 Å². The molecule has 0 aromatic rings. The minimum Gasteiger partial charge on any atom is -0.460 e. The van der Waals surface area contributed by atoms with Crippen molar-refractivity contribution >= 4 is 5.97 Å². The average molecular weight is 269 g/mol. The van der Waals surface area contributed by atoms with Gasteiger partial charge in [-0.2, -0.15) is 0 Å². The number of hydrogen-bond donors (Lipinski definition) is 0. The number of carbonyl (C=O) groups is 1. The molecule has 1 saturated heterocycles. The molecule has 1 saturated carbocycles. The van der Waals surface area contributed by atoms with Crippen molar-refractivity contribution in [1.82, 2.24) is 4.90 Å². The van der Waals surface area contributed by atoms with Crippen molar-refractivity contribution in [2.75, 3.05) is 32.8 Å². The molecule has 19 heavy (non-hydrogen) atoms. The van der Waals surface area contributed by atoms with Gasteiger partial charge in [0, 0.05) is 25.0 Å². The number of hydrogen-bond acceptors (Lipinski definition) is 4. The molecule has 2 aliphatic rings. The third-order valence-corrected chi connectivity index (χ3v) is 3.99. The van der Waals surface area contributed by atoms with Gasteiger partial charge in [-0.1, -0.05) is 6.42 Å². The highest BCUT2D eigenvalue weighted by Crippen LogP contribution is 2.42. The van der Waals surface area contributed by atoms with Gasteiger partial charge in [0.25, 0.3) is 0 Å². The van der Waals surface area contributed by atoms with Crippen molar-refractivity contribution in [2.24, 2.45) is 5.41 Å². The lowest BCUT2D eigenvalue weighted by atomic mass is 9.69. The molecule has 0 radical (unpaired) electrons. The summed E-state index contributed by atoms with van der Waals surface area (Å²) < 4.78 is 11.1. The van der Waals surface area contributed by atoms with E-state index in [-0.39, 0.29) is 11.6 Å². The molecule has 0 unspecified atom stereocenters. The summed E-state index contributed by atoms with van der Waals surface area (Å²) in [6, 6.07) is 0. The molecule has 1 spiro atoms. The first-order valence-corrected chi connectivity index (χ1v) is 7.41. The van der Waals surface area contributed by atoms with Gasteiger partial charge in [-0.05, 0) is 33.6 Å². The van der Waals surface area contributed by atoms with E-state index in [4.69, 9.17) is 9.47 Å². The molecular formula is C15H27NO3. The highest BCUT2D eigenvalue weighted by atomic mass is 16.6. The Balaban J connectivity index is 1.76. The number of rotatable bonds is 3. The zero-order valence-corrected chi connectivity index (χ0v) is 12.5. The Bertz CT molecular complexity index is 318. The molecule has 2 fully saturated rings. The third kappa shape index (κ3) is 4.46. The van der Waals surface area contributed by atoms with E-state index in [1.807, 2.05) is 20.8 Å². The maximum Gasteiger partial charge on any atom is 0.307 e. The fraction of sp³-hybridized carbons (Fsp3) is 0.933. The van der Waals surface area contributed by atoms with E-state index in [0.717, 1.165) is 32.8 Å². The van der Waals surface area contributed by atoms with Gasteiger partial charge in [0.15, 0.2) is 0 Å². The highest BCUT2D eigenvalue weighted by Gasteiger charge is 2.40. The molecule has 2 rings (SSSR count). The molecule has 0 N–H and O–H groups in total. The molecule has 1 heterocycles. The molecule has 1 aliphatic carbocycles. The van der Waals surface area contributed by atoms with Crippen molar-refractivity contribution in [1.29, 1.82) is 0 Å². The lowest BCUT2D eigenvalue weighted by molar-refractivity contribution is -0.155. The number of nitrogens with zero attached hydrogens (tertiary/aromatic N) is 1. The van der Waals surface area contributed by atoms with Gasteiger partial charge in [0.1, 0.15) is 5.60 Å². The molecule has 4 nitrogen and oxygen atoms in total. The van der Waals surface area contributed by atoms with Gasteiger partial charge in [-0.25, -0.2) is 0 Å². The van der Waals surface area contributed by atoms with Crippen LogP contribution in [0.3, 0.4) is 0 Å². The third-order valence-electron chi connectivity index (χ3n) is 3.99. The zero-order chi connectivity index (χ0) is 13.9. The van der Waals surface area contributed by atoms with Gasteiger partial charge >= 0.3 is 5.97 Å². The second-order valence-corrected chi connectivity index (χ2v) is 7.02. The zero-order valence-electron chi connectivity index (χ0n) is 12.5. The molecular weight excluding hydrogens is 242 g/mol. The summed E-state index contributed by atoms with van der Waals surface area (Å²) in [7, 11) is 0. The Kier molecular flexibility index (Phi) is 4.51. The first kappa shape index (κ1) is 14.8. The van der Waals surface area contributed by atoms with Gasteiger partial charge in [0.2, 0.25) is 0 Å². The predicted molar refractivity (Wildman–Crippen MR) is 74.0 cm³/mol. The first-order chi connectivity index (χ1) is 8.89. The van der Waals surface area contributed by atoms with Crippen LogP contribution >= 0.6 is 0 Å². The summed E-state index contributed by atoms with van der Waals surface area (Å²) in [6.07, 6.45) is 4.35. The minimum absolute atomic E-state index is 0.0969. The van der Waals surface area contributed by atoms with Crippen LogP contribution in [-0.2, 0) is 14.3 Å². The lowest BCUT2D eigenvalue weighted by Gasteiger charge is -2.42. The lowest BCUT2D eigenvalue weighted by Crippen LogP contribution is -2.44. The van der Waals surface area contributed by atoms with E-state index in [9.17, 15) is 4.79 Å². The second-order valence-electron chi connectivity index (χ2n) is 7.02. The molecule has 110 valence electrons. The molecule has 0 bridgehead atoms. The van der Waals surface area contributed by atoms with E-state index < -0.39 is 0 Å². The van der Waals surface area contributed by atoms with E-state index in [1.165, 1.54) is 19.3 Å². The molecule has 4 heteroatoms. The second kappa shape index (κ2) is 5.80. The van der Waals surface area contributed by atoms with Crippen LogP contribution in [0.15, 0.2) is 0 Å². The molecule has 0 aromatic heterocycles. The Labute approximate surface area is 116 Å². The van der Waals surface area contributed by atoms with Crippen LogP contribution in [0.2, 0.25) is 0 Å². The minimum atomic E-state index is -0.381. The van der Waals surface area contributed by atoms with Crippen molar-refractivity contribution in [3.8, 4) is 0 Å². The largest absolute Gasteiger partial charge is 0.460 e. The van der Waals surface area contributed by atoms with Gasteiger partial charge in [-0.15, -0.1) is 0 Å². The van der Waals surface area contributed by atoms with Crippen LogP contribution in [-0.4, -0.2) is 49.3 Å². The van der Waals surface area contributed by atoms with Crippen molar-refractivity contribution < 1.29 is 14.3 Å². The maximum atomic E-state index is 11.8. The number of ether oxygens (including phenoxy) is 2. The fourth-order valence-corrected chi connectivity index (χ4v) is 2.89. The molecule has 0 aromatic carbocycles. The maximum absolute atomic E-state index is 11.8. The van der Waals surface area contributed by atoms with Crippen LogP contribution in [0, 0.1) is 5.41 Å². The highest BCUT2D eigenvalue weighted by molar-refractivity contribution is 5.70. The Morgan fingerprint density at radius 3 is 2.68 bits per heavy atom. The smallest absolute Gasteiger partial charge is 0.307 e. The van der Waals surface area contributed by atoms with Crippen LogP contribution in [0.1, 0.15) is 46.5 Å². The quantitative estimate of drug-likeness (QED) is 0.736. The number of esters is 1. The fourth-order valence-electron chi connectivity index (χ4n) is 2.89.